The quantitative estimate of drug-likeness (QED) is 0.834. The number of alkyl halides is 3. The fraction of sp³-hybridized carbons (Fsp3) is 0.714. The summed E-state index contributed by atoms with van der Waals surface area (Å²) in [4.78, 5) is 1.36. The second-order valence-electron chi connectivity index (χ2n) is 5.25. The van der Waals surface area contributed by atoms with Crippen molar-refractivity contribution in [2.24, 2.45) is 0 Å². The van der Waals surface area contributed by atoms with Crippen LogP contribution in [-0.4, -0.2) is 30.2 Å². The fourth-order valence-electron chi connectivity index (χ4n) is 1.91. The highest BCUT2D eigenvalue weighted by Crippen LogP contribution is 2.21. The Hall–Kier alpha value is -1.01. The van der Waals surface area contributed by atoms with Crippen molar-refractivity contribution in [2.75, 3.05) is 13.1 Å². The number of aryl methyl sites for hydroxylation is 1. The van der Waals surface area contributed by atoms with E-state index in [1.54, 1.807) is 13.8 Å². The summed E-state index contributed by atoms with van der Waals surface area (Å²) in [7, 11) is 0. The topological polar surface area (TPSA) is 28.4 Å². The van der Waals surface area contributed by atoms with Crippen molar-refractivity contribution in [3.63, 3.8) is 0 Å². The SMILES string of the molecule is CCN(Cc1cc(CNC(C)C)oc1C)CC(F)(F)F. The van der Waals surface area contributed by atoms with Crippen LogP contribution in [0.4, 0.5) is 13.2 Å². The molecule has 0 fully saturated rings. The number of furan rings is 1. The van der Waals surface area contributed by atoms with Gasteiger partial charge in [0, 0.05) is 18.2 Å². The molecule has 0 aromatic carbocycles. The highest BCUT2D eigenvalue weighted by atomic mass is 19.4. The van der Waals surface area contributed by atoms with Gasteiger partial charge in [0.1, 0.15) is 11.5 Å². The van der Waals surface area contributed by atoms with E-state index in [9.17, 15) is 13.2 Å². The molecule has 0 amide bonds. The number of hydrogen-bond acceptors (Lipinski definition) is 3. The van der Waals surface area contributed by atoms with Gasteiger partial charge in [0.15, 0.2) is 0 Å². The zero-order valence-electron chi connectivity index (χ0n) is 12.5. The van der Waals surface area contributed by atoms with Gasteiger partial charge in [-0.15, -0.1) is 0 Å². The van der Waals surface area contributed by atoms with Crippen molar-refractivity contribution in [3.8, 4) is 0 Å². The first-order chi connectivity index (χ1) is 9.21. The van der Waals surface area contributed by atoms with Crippen LogP contribution in [0.2, 0.25) is 0 Å². The Balaban J connectivity index is 2.66. The molecule has 6 heteroatoms. The molecule has 3 nitrogen and oxygen atoms in total. The highest BCUT2D eigenvalue weighted by Gasteiger charge is 2.30. The summed E-state index contributed by atoms with van der Waals surface area (Å²) < 4.78 is 42.9. The van der Waals surface area contributed by atoms with Crippen LogP contribution in [0.3, 0.4) is 0 Å². The van der Waals surface area contributed by atoms with E-state index in [0.29, 0.717) is 24.9 Å². The zero-order chi connectivity index (χ0) is 15.3. The van der Waals surface area contributed by atoms with Gasteiger partial charge in [0.05, 0.1) is 13.1 Å². The minimum absolute atomic E-state index is 0.257. The van der Waals surface area contributed by atoms with Crippen LogP contribution < -0.4 is 5.32 Å². The molecule has 0 saturated carbocycles. The van der Waals surface area contributed by atoms with Crippen LogP contribution in [-0.2, 0) is 13.1 Å². The third-order valence-corrected chi connectivity index (χ3v) is 3.00. The summed E-state index contributed by atoms with van der Waals surface area (Å²) in [5.74, 6) is 1.44. The second-order valence-corrected chi connectivity index (χ2v) is 5.25. The van der Waals surface area contributed by atoms with Crippen LogP contribution in [0.5, 0.6) is 0 Å². The largest absolute Gasteiger partial charge is 0.465 e. The molecular formula is C14H23F3N2O. The number of halogens is 3. The maximum absolute atomic E-state index is 12.4. The summed E-state index contributed by atoms with van der Waals surface area (Å²) >= 11 is 0. The van der Waals surface area contributed by atoms with E-state index in [-0.39, 0.29) is 6.54 Å². The van der Waals surface area contributed by atoms with E-state index < -0.39 is 12.7 Å². The van der Waals surface area contributed by atoms with Gasteiger partial charge in [0.25, 0.3) is 0 Å². The Morgan fingerprint density at radius 1 is 1.35 bits per heavy atom. The Kier molecular flexibility index (Phi) is 6.07. The monoisotopic (exact) mass is 292 g/mol. The number of hydrogen-bond donors (Lipinski definition) is 1. The van der Waals surface area contributed by atoms with Crippen molar-refractivity contribution in [2.45, 2.75) is 53.0 Å². The molecular weight excluding hydrogens is 269 g/mol. The summed E-state index contributed by atoms with van der Waals surface area (Å²) in [6.07, 6.45) is -4.17. The minimum atomic E-state index is -4.17. The molecule has 20 heavy (non-hydrogen) atoms. The summed E-state index contributed by atoms with van der Waals surface area (Å²) in [5, 5.41) is 3.22. The first kappa shape index (κ1) is 17.0. The molecule has 1 heterocycles. The predicted molar refractivity (Wildman–Crippen MR) is 72.4 cm³/mol. The molecule has 116 valence electrons. The normalized spacial score (nSPS) is 12.7. The summed E-state index contributed by atoms with van der Waals surface area (Å²) in [6.45, 7) is 7.87. The predicted octanol–water partition coefficient (Wildman–Crippen LogP) is 3.47. The van der Waals surface area contributed by atoms with E-state index in [0.717, 1.165) is 11.3 Å². The van der Waals surface area contributed by atoms with Crippen LogP contribution in [0.1, 0.15) is 37.9 Å². The van der Waals surface area contributed by atoms with Gasteiger partial charge in [-0.3, -0.25) is 4.90 Å². The van der Waals surface area contributed by atoms with Gasteiger partial charge < -0.3 is 9.73 Å². The first-order valence-corrected chi connectivity index (χ1v) is 6.82. The fourth-order valence-corrected chi connectivity index (χ4v) is 1.91. The van der Waals surface area contributed by atoms with Gasteiger partial charge in [-0.1, -0.05) is 20.8 Å². The lowest BCUT2D eigenvalue weighted by molar-refractivity contribution is -0.146. The second kappa shape index (κ2) is 7.13. The molecule has 0 aliphatic carbocycles. The average molecular weight is 292 g/mol. The molecule has 0 unspecified atom stereocenters. The number of nitrogens with zero attached hydrogens (tertiary/aromatic N) is 1. The third kappa shape index (κ3) is 5.96. The minimum Gasteiger partial charge on any atom is -0.465 e. The third-order valence-electron chi connectivity index (χ3n) is 3.00. The molecule has 0 aliphatic heterocycles. The molecule has 1 rings (SSSR count). The van der Waals surface area contributed by atoms with Crippen molar-refractivity contribution in [1.82, 2.24) is 10.2 Å². The molecule has 1 aromatic rings. The molecule has 0 bridgehead atoms. The van der Waals surface area contributed by atoms with E-state index >= 15 is 0 Å². The number of nitrogens with one attached hydrogen (secondary N) is 1. The molecule has 0 spiro atoms. The van der Waals surface area contributed by atoms with Gasteiger partial charge in [-0.05, 0) is 19.5 Å². The van der Waals surface area contributed by atoms with Gasteiger partial charge in [0.2, 0.25) is 0 Å². The van der Waals surface area contributed by atoms with Crippen LogP contribution in [0, 0.1) is 6.92 Å². The van der Waals surface area contributed by atoms with Crippen LogP contribution >= 0.6 is 0 Å². The number of rotatable bonds is 7. The Morgan fingerprint density at radius 3 is 2.50 bits per heavy atom. The van der Waals surface area contributed by atoms with Gasteiger partial charge in [-0.25, -0.2) is 0 Å². The standard InChI is InChI=1S/C14H23F3N2O/c1-5-19(9-14(15,16)17)8-12-6-13(20-11(12)4)7-18-10(2)3/h6,10,18H,5,7-9H2,1-4H3. The highest BCUT2D eigenvalue weighted by molar-refractivity contribution is 5.20. The van der Waals surface area contributed by atoms with E-state index in [4.69, 9.17) is 4.42 Å². The van der Waals surface area contributed by atoms with Gasteiger partial charge in [-0.2, -0.15) is 13.2 Å². The van der Waals surface area contributed by atoms with Crippen LogP contribution in [0.25, 0.3) is 0 Å². The first-order valence-electron chi connectivity index (χ1n) is 6.82. The maximum Gasteiger partial charge on any atom is 0.401 e. The zero-order valence-corrected chi connectivity index (χ0v) is 12.5. The Morgan fingerprint density at radius 2 is 2.00 bits per heavy atom. The van der Waals surface area contributed by atoms with Gasteiger partial charge >= 0.3 is 6.18 Å². The lowest BCUT2D eigenvalue weighted by Crippen LogP contribution is -2.33. The van der Waals surface area contributed by atoms with Crippen molar-refractivity contribution < 1.29 is 17.6 Å². The van der Waals surface area contributed by atoms with Crippen molar-refractivity contribution >= 4 is 0 Å². The molecule has 1 aromatic heterocycles. The lowest BCUT2D eigenvalue weighted by Gasteiger charge is -2.21. The molecule has 0 atom stereocenters. The van der Waals surface area contributed by atoms with Crippen molar-refractivity contribution in [3.05, 3.63) is 23.2 Å². The molecule has 1 N–H and O–H groups in total. The maximum atomic E-state index is 12.4. The lowest BCUT2D eigenvalue weighted by atomic mass is 10.2. The Bertz CT molecular complexity index is 413. The van der Waals surface area contributed by atoms with Crippen molar-refractivity contribution in [1.29, 1.82) is 0 Å². The molecule has 0 radical (unpaired) electrons. The summed E-state index contributed by atoms with van der Waals surface area (Å²) in [6, 6.07) is 2.17. The molecule has 0 aliphatic rings. The molecule has 0 saturated heterocycles. The van der Waals surface area contributed by atoms with E-state index in [2.05, 4.69) is 5.32 Å². The average Bonchev–Trinajstić information content (AvgIpc) is 2.65. The van der Waals surface area contributed by atoms with E-state index in [1.807, 2.05) is 19.9 Å². The van der Waals surface area contributed by atoms with Crippen LogP contribution in [0.15, 0.2) is 10.5 Å². The summed E-state index contributed by atoms with van der Waals surface area (Å²) in [5.41, 5.74) is 0.816. The Labute approximate surface area is 118 Å². The smallest absolute Gasteiger partial charge is 0.401 e. The van der Waals surface area contributed by atoms with E-state index in [1.165, 1.54) is 4.90 Å².